The number of carboxylic acid groups (broad SMARTS) is 1. The third kappa shape index (κ3) is 4.95. The molecule has 0 fully saturated rings. The molecule has 0 atom stereocenters. The second-order valence-corrected chi connectivity index (χ2v) is 4.77. The van der Waals surface area contributed by atoms with Crippen molar-refractivity contribution in [1.82, 2.24) is 4.98 Å². The van der Waals surface area contributed by atoms with E-state index in [2.05, 4.69) is 15.0 Å². The molecule has 1 heterocycles. The largest absolute Gasteiger partial charge is 0.573 e. The minimum Gasteiger partial charge on any atom is -0.481 e. The molecule has 0 aliphatic carbocycles. The van der Waals surface area contributed by atoms with Crippen LogP contribution in [0.4, 0.5) is 24.0 Å². The highest BCUT2D eigenvalue weighted by molar-refractivity contribution is 7.13. The maximum Gasteiger partial charge on any atom is 0.573 e. The van der Waals surface area contributed by atoms with E-state index in [1.807, 2.05) is 0 Å². The molecule has 0 aliphatic heterocycles. The maximum atomic E-state index is 12.1. The molecule has 1 aromatic carbocycles. The molecule has 0 unspecified atom stereocenters. The van der Waals surface area contributed by atoms with Crippen LogP contribution in [0, 0.1) is 0 Å². The molecule has 2 N–H and O–H groups in total. The summed E-state index contributed by atoms with van der Waals surface area (Å²) in [6.45, 7) is 0. The Morgan fingerprint density at radius 3 is 2.86 bits per heavy atom. The number of carboxylic acids is 1. The van der Waals surface area contributed by atoms with E-state index in [9.17, 15) is 18.0 Å². The number of carbonyl (C=O) groups is 1. The first kappa shape index (κ1) is 15.1. The van der Waals surface area contributed by atoms with Gasteiger partial charge in [-0.3, -0.25) is 4.79 Å². The summed E-state index contributed by atoms with van der Waals surface area (Å²) in [5, 5.41) is 13.4. The molecule has 0 saturated carbocycles. The first-order valence-corrected chi connectivity index (χ1v) is 6.49. The Bertz CT molecular complexity index is 643. The average molecular weight is 318 g/mol. The van der Waals surface area contributed by atoms with Crippen LogP contribution in [0.5, 0.6) is 5.75 Å². The van der Waals surface area contributed by atoms with E-state index in [4.69, 9.17) is 5.11 Å². The molecule has 0 radical (unpaired) electrons. The molecule has 2 rings (SSSR count). The number of hydrogen-bond donors (Lipinski definition) is 2. The topological polar surface area (TPSA) is 71.5 Å². The highest BCUT2D eigenvalue weighted by Gasteiger charge is 2.31. The minimum absolute atomic E-state index is 0.213. The first-order valence-electron chi connectivity index (χ1n) is 5.61. The number of ether oxygens (including phenoxy) is 1. The Kier molecular flexibility index (Phi) is 4.32. The van der Waals surface area contributed by atoms with Gasteiger partial charge in [0.2, 0.25) is 0 Å². The van der Waals surface area contributed by atoms with Crippen molar-refractivity contribution in [2.24, 2.45) is 0 Å². The minimum atomic E-state index is -4.76. The van der Waals surface area contributed by atoms with Crippen LogP contribution < -0.4 is 10.1 Å². The summed E-state index contributed by atoms with van der Waals surface area (Å²) in [6, 6.07) is 5.29. The molecule has 1 aromatic heterocycles. The van der Waals surface area contributed by atoms with Crippen LogP contribution in [0.15, 0.2) is 29.6 Å². The lowest BCUT2D eigenvalue weighted by molar-refractivity contribution is -0.274. The van der Waals surface area contributed by atoms with Crippen molar-refractivity contribution in [1.29, 1.82) is 0 Å². The third-order valence-electron chi connectivity index (χ3n) is 2.20. The number of benzene rings is 1. The molecular weight excluding hydrogens is 309 g/mol. The van der Waals surface area contributed by atoms with Gasteiger partial charge in [-0.05, 0) is 12.1 Å². The van der Waals surface area contributed by atoms with Gasteiger partial charge in [0.15, 0.2) is 5.13 Å². The van der Waals surface area contributed by atoms with E-state index in [1.165, 1.54) is 18.2 Å². The zero-order chi connectivity index (χ0) is 15.5. The number of aliphatic carboxylic acids is 1. The van der Waals surface area contributed by atoms with Crippen LogP contribution in [0.1, 0.15) is 5.69 Å². The van der Waals surface area contributed by atoms with Crippen molar-refractivity contribution >= 4 is 28.1 Å². The van der Waals surface area contributed by atoms with Gasteiger partial charge in [0.1, 0.15) is 5.75 Å². The predicted octanol–water partition coefficient (Wildman–Crippen LogP) is 3.41. The fourth-order valence-electron chi connectivity index (χ4n) is 1.49. The number of nitrogens with zero attached hydrogens (tertiary/aromatic N) is 1. The van der Waals surface area contributed by atoms with Crippen molar-refractivity contribution in [3.63, 3.8) is 0 Å². The third-order valence-corrected chi connectivity index (χ3v) is 3.01. The quantitative estimate of drug-likeness (QED) is 0.884. The SMILES string of the molecule is O=C(O)Cc1csc(Nc2cccc(OC(F)(F)F)c2)n1. The van der Waals surface area contributed by atoms with Crippen LogP contribution in [0.25, 0.3) is 0 Å². The van der Waals surface area contributed by atoms with Crippen molar-refractivity contribution in [2.75, 3.05) is 5.32 Å². The van der Waals surface area contributed by atoms with Gasteiger partial charge >= 0.3 is 12.3 Å². The van der Waals surface area contributed by atoms with E-state index >= 15 is 0 Å². The number of alkyl halides is 3. The molecule has 2 aromatic rings. The summed E-state index contributed by atoms with van der Waals surface area (Å²) in [5.41, 5.74) is 0.727. The maximum absolute atomic E-state index is 12.1. The summed E-state index contributed by atoms with van der Waals surface area (Å²) in [5.74, 6) is -1.36. The van der Waals surface area contributed by atoms with Crippen LogP contribution in [-0.2, 0) is 11.2 Å². The number of nitrogens with one attached hydrogen (secondary N) is 1. The van der Waals surface area contributed by atoms with Gasteiger partial charge in [-0.1, -0.05) is 6.07 Å². The fraction of sp³-hybridized carbons (Fsp3) is 0.167. The summed E-state index contributed by atoms with van der Waals surface area (Å²) in [6.07, 6.45) is -4.97. The molecule has 0 aliphatic rings. The number of aromatic nitrogens is 1. The molecule has 0 amide bonds. The molecule has 0 saturated heterocycles. The summed E-state index contributed by atoms with van der Waals surface area (Å²) in [4.78, 5) is 14.5. The number of halogens is 3. The first-order chi connectivity index (χ1) is 9.82. The lowest BCUT2D eigenvalue weighted by Gasteiger charge is -2.10. The van der Waals surface area contributed by atoms with Crippen LogP contribution >= 0.6 is 11.3 Å². The zero-order valence-electron chi connectivity index (χ0n) is 10.3. The van der Waals surface area contributed by atoms with E-state index < -0.39 is 12.3 Å². The Morgan fingerprint density at radius 2 is 2.19 bits per heavy atom. The molecule has 0 spiro atoms. The molecular formula is C12H9F3N2O3S. The molecule has 5 nitrogen and oxygen atoms in total. The van der Waals surface area contributed by atoms with Gasteiger partial charge in [0.05, 0.1) is 12.1 Å². The Balaban J connectivity index is 2.07. The average Bonchev–Trinajstić information content (AvgIpc) is 2.73. The predicted molar refractivity (Wildman–Crippen MR) is 69.9 cm³/mol. The van der Waals surface area contributed by atoms with E-state index in [0.717, 1.165) is 11.3 Å². The highest BCUT2D eigenvalue weighted by atomic mass is 32.1. The molecule has 9 heteroatoms. The van der Waals surface area contributed by atoms with Crippen molar-refractivity contribution < 1.29 is 27.8 Å². The highest BCUT2D eigenvalue weighted by Crippen LogP contribution is 2.27. The smallest absolute Gasteiger partial charge is 0.481 e. The number of hydrogen-bond acceptors (Lipinski definition) is 5. The summed E-state index contributed by atoms with van der Waals surface area (Å²) in [7, 11) is 0. The summed E-state index contributed by atoms with van der Waals surface area (Å²) < 4.78 is 40.2. The zero-order valence-corrected chi connectivity index (χ0v) is 11.2. The number of rotatable bonds is 5. The second-order valence-electron chi connectivity index (χ2n) is 3.92. The standard InChI is InChI=1S/C12H9F3N2O3S/c13-12(14,15)20-9-3-1-2-7(4-9)16-11-17-8(6-21-11)5-10(18)19/h1-4,6H,5H2,(H,16,17)(H,18,19). The van der Waals surface area contributed by atoms with Crippen molar-refractivity contribution in [3.8, 4) is 5.75 Å². The summed E-state index contributed by atoms with van der Waals surface area (Å²) >= 11 is 1.16. The van der Waals surface area contributed by atoms with Gasteiger partial charge in [0.25, 0.3) is 0 Å². The van der Waals surface area contributed by atoms with Crippen molar-refractivity contribution in [2.45, 2.75) is 12.8 Å². The Labute approximate surface area is 121 Å². The van der Waals surface area contributed by atoms with Crippen molar-refractivity contribution in [3.05, 3.63) is 35.3 Å². The lowest BCUT2D eigenvalue weighted by Crippen LogP contribution is -2.17. The number of anilines is 2. The molecule has 21 heavy (non-hydrogen) atoms. The van der Waals surface area contributed by atoms with Gasteiger partial charge in [-0.2, -0.15) is 0 Å². The van der Waals surface area contributed by atoms with Crippen LogP contribution in [-0.4, -0.2) is 22.4 Å². The Morgan fingerprint density at radius 1 is 1.43 bits per heavy atom. The van der Waals surface area contributed by atoms with E-state index in [0.29, 0.717) is 16.5 Å². The normalized spacial score (nSPS) is 11.2. The fourth-order valence-corrected chi connectivity index (χ4v) is 2.23. The second kappa shape index (κ2) is 6.00. The lowest BCUT2D eigenvalue weighted by atomic mass is 10.3. The molecule has 0 bridgehead atoms. The van der Waals surface area contributed by atoms with Gasteiger partial charge in [-0.25, -0.2) is 4.98 Å². The van der Waals surface area contributed by atoms with Gasteiger partial charge in [-0.15, -0.1) is 24.5 Å². The van der Waals surface area contributed by atoms with Crippen LogP contribution in [0.2, 0.25) is 0 Å². The van der Waals surface area contributed by atoms with Gasteiger partial charge in [0, 0.05) is 17.1 Å². The van der Waals surface area contributed by atoms with E-state index in [1.54, 1.807) is 11.4 Å². The number of thiazole rings is 1. The monoisotopic (exact) mass is 318 g/mol. The van der Waals surface area contributed by atoms with Gasteiger partial charge < -0.3 is 15.2 Å². The molecule has 112 valence electrons. The van der Waals surface area contributed by atoms with E-state index in [-0.39, 0.29) is 12.2 Å². The van der Waals surface area contributed by atoms with Crippen LogP contribution in [0.3, 0.4) is 0 Å². The Hall–Kier alpha value is -2.29.